The van der Waals surface area contributed by atoms with Crippen LogP contribution in [0.1, 0.15) is 13.8 Å². The molecule has 1 saturated heterocycles. The van der Waals surface area contributed by atoms with E-state index in [4.69, 9.17) is 4.74 Å². The van der Waals surface area contributed by atoms with E-state index in [2.05, 4.69) is 26.6 Å². The van der Waals surface area contributed by atoms with Gasteiger partial charge in [0.15, 0.2) is 6.54 Å². The normalized spacial score (nSPS) is 24.0. The largest absolute Gasteiger partial charge is 0.364 e. The van der Waals surface area contributed by atoms with Crippen molar-refractivity contribution in [2.75, 3.05) is 31.5 Å². The second-order valence-corrected chi connectivity index (χ2v) is 6.75. The fourth-order valence-corrected chi connectivity index (χ4v) is 3.14. The number of carbonyl (C=O) groups excluding carboxylic acids is 2. The molecule has 7 heteroatoms. The van der Waals surface area contributed by atoms with Gasteiger partial charge in [0.05, 0.1) is 12.2 Å². The van der Waals surface area contributed by atoms with Crippen LogP contribution >= 0.6 is 15.9 Å². The third kappa shape index (κ3) is 5.93. The third-order valence-corrected chi connectivity index (χ3v) is 4.31. The first-order valence-corrected chi connectivity index (χ1v) is 8.53. The van der Waals surface area contributed by atoms with Crippen LogP contribution in [0.2, 0.25) is 0 Å². The molecule has 1 heterocycles. The summed E-state index contributed by atoms with van der Waals surface area (Å²) in [7, 11) is 0. The zero-order valence-electron chi connectivity index (χ0n) is 13.4. The Balaban J connectivity index is 1.73. The standard InChI is InChI=1S/C16H22BrN3O3/c1-11-8-20(9-12(2)23-11)10-16(22)18-7-15(21)19-14-6-4-3-5-13(14)17/h3-6,11-12H,7-10H2,1-2H3,(H,18,22)(H,19,21)/p+1/t11-,12-/m1/s1. The van der Waals surface area contributed by atoms with Crippen molar-refractivity contribution in [3.63, 3.8) is 0 Å². The van der Waals surface area contributed by atoms with Gasteiger partial charge >= 0.3 is 0 Å². The van der Waals surface area contributed by atoms with Crippen molar-refractivity contribution < 1.29 is 19.2 Å². The molecule has 1 aromatic carbocycles. The van der Waals surface area contributed by atoms with Crippen LogP contribution in [0.4, 0.5) is 5.69 Å². The summed E-state index contributed by atoms with van der Waals surface area (Å²) in [4.78, 5) is 25.1. The fraction of sp³-hybridized carbons (Fsp3) is 0.500. The molecular weight excluding hydrogens is 362 g/mol. The number of carbonyl (C=O) groups is 2. The second kappa shape index (κ2) is 8.42. The number of hydrogen-bond acceptors (Lipinski definition) is 3. The van der Waals surface area contributed by atoms with Crippen molar-refractivity contribution in [2.45, 2.75) is 26.1 Å². The van der Waals surface area contributed by atoms with E-state index >= 15 is 0 Å². The maximum absolute atomic E-state index is 12.0. The third-order valence-electron chi connectivity index (χ3n) is 3.62. The van der Waals surface area contributed by atoms with E-state index in [-0.39, 0.29) is 30.6 Å². The van der Waals surface area contributed by atoms with Gasteiger partial charge < -0.3 is 20.3 Å². The van der Waals surface area contributed by atoms with Crippen molar-refractivity contribution >= 4 is 33.4 Å². The van der Waals surface area contributed by atoms with Gasteiger partial charge in [-0.15, -0.1) is 0 Å². The Bertz CT molecular complexity index is 557. The summed E-state index contributed by atoms with van der Waals surface area (Å²) >= 11 is 3.36. The molecule has 3 N–H and O–H groups in total. The monoisotopic (exact) mass is 384 g/mol. The van der Waals surface area contributed by atoms with Crippen molar-refractivity contribution in [2.24, 2.45) is 0 Å². The van der Waals surface area contributed by atoms with Gasteiger partial charge in [-0.1, -0.05) is 12.1 Å². The molecule has 6 nitrogen and oxygen atoms in total. The van der Waals surface area contributed by atoms with Crippen molar-refractivity contribution in [1.29, 1.82) is 0 Å². The van der Waals surface area contributed by atoms with Crippen LogP contribution in [0.15, 0.2) is 28.7 Å². The maximum Gasteiger partial charge on any atom is 0.275 e. The number of para-hydroxylation sites is 1. The second-order valence-electron chi connectivity index (χ2n) is 5.90. The van der Waals surface area contributed by atoms with Crippen molar-refractivity contribution in [3.8, 4) is 0 Å². The first-order chi connectivity index (χ1) is 10.9. The van der Waals surface area contributed by atoms with Crippen LogP contribution in [0.25, 0.3) is 0 Å². The number of amides is 2. The summed E-state index contributed by atoms with van der Waals surface area (Å²) in [5.41, 5.74) is 0.688. The summed E-state index contributed by atoms with van der Waals surface area (Å²) in [6, 6.07) is 7.35. The van der Waals surface area contributed by atoms with E-state index in [0.29, 0.717) is 12.2 Å². The van der Waals surface area contributed by atoms with Crippen LogP contribution in [0.5, 0.6) is 0 Å². The number of benzene rings is 1. The minimum absolute atomic E-state index is 0.0327. The molecule has 126 valence electrons. The SMILES string of the molecule is C[C@@H]1C[NH+](CC(=O)NCC(=O)Nc2ccccc2Br)C[C@@H](C)O1. The Hall–Kier alpha value is -1.44. The number of anilines is 1. The minimum atomic E-state index is -0.246. The van der Waals surface area contributed by atoms with E-state index in [1.807, 2.05) is 32.0 Å². The summed E-state index contributed by atoms with van der Waals surface area (Å²) in [6.45, 7) is 5.97. The number of rotatable bonds is 5. The topological polar surface area (TPSA) is 71.9 Å². The van der Waals surface area contributed by atoms with Gasteiger partial charge in [0.25, 0.3) is 5.91 Å². The lowest BCUT2D eigenvalue weighted by atomic mass is 10.2. The van der Waals surface area contributed by atoms with Crippen molar-refractivity contribution in [1.82, 2.24) is 5.32 Å². The molecule has 0 spiro atoms. The lowest BCUT2D eigenvalue weighted by Crippen LogP contribution is -3.16. The minimum Gasteiger partial charge on any atom is -0.364 e. The van der Waals surface area contributed by atoms with Gasteiger partial charge in [-0.3, -0.25) is 9.59 Å². The fourth-order valence-electron chi connectivity index (χ4n) is 2.76. The Morgan fingerprint density at radius 1 is 1.22 bits per heavy atom. The number of nitrogens with one attached hydrogen (secondary N) is 3. The summed E-state index contributed by atoms with van der Waals surface area (Å²) < 4.78 is 6.46. The van der Waals surface area contributed by atoms with Gasteiger partial charge in [0, 0.05) is 4.47 Å². The zero-order valence-corrected chi connectivity index (χ0v) is 15.0. The average Bonchev–Trinajstić information content (AvgIpc) is 2.46. The molecule has 2 amide bonds. The molecule has 2 atom stereocenters. The molecule has 0 radical (unpaired) electrons. The quantitative estimate of drug-likeness (QED) is 0.678. The van der Waals surface area contributed by atoms with Gasteiger partial charge in [-0.25, -0.2) is 0 Å². The molecule has 0 aromatic heterocycles. The maximum atomic E-state index is 12.0. The van der Waals surface area contributed by atoms with Crippen LogP contribution in [-0.2, 0) is 14.3 Å². The van der Waals surface area contributed by atoms with Gasteiger partial charge in [0.1, 0.15) is 25.3 Å². The molecule has 1 aliphatic heterocycles. The lowest BCUT2D eigenvalue weighted by molar-refractivity contribution is -0.907. The van der Waals surface area contributed by atoms with Crippen LogP contribution in [0.3, 0.4) is 0 Å². The predicted octanol–water partition coefficient (Wildman–Crippen LogP) is 0.196. The van der Waals surface area contributed by atoms with Crippen molar-refractivity contribution in [3.05, 3.63) is 28.7 Å². The molecule has 1 aromatic rings. The number of ether oxygens (including phenoxy) is 1. The number of morpholine rings is 1. The number of quaternary nitrogens is 1. The Labute approximate surface area is 144 Å². The molecule has 0 saturated carbocycles. The predicted molar refractivity (Wildman–Crippen MR) is 91.4 cm³/mol. The van der Waals surface area contributed by atoms with Crippen LogP contribution in [-0.4, -0.2) is 50.2 Å². The molecule has 1 fully saturated rings. The highest BCUT2D eigenvalue weighted by atomic mass is 79.9. The molecule has 2 rings (SSSR count). The highest BCUT2D eigenvalue weighted by Gasteiger charge is 2.27. The zero-order chi connectivity index (χ0) is 16.8. The summed E-state index contributed by atoms with van der Waals surface area (Å²) in [6.07, 6.45) is 0.306. The molecule has 0 aliphatic carbocycles. The van der Waals surface area contributed by atoms with E-state index in [1.54, 1.807) is 6.07 Å². The highest BCUT2D eigenvalue weighted by molar-refractivity contribution is 9.10. The van der Waals surface area contributed by atoms with E-state index < -0.39 is 0 Å². The molecular formula is C16H23BrN3O3+. The van der Waals surface area contributed by atoms with E-state index in [0.717, 1.165) is 17.6 Å². The first kappa shape index (κ1) is 17.9. The molecule has 23 heavy (non-hydrogen) atoms. The van der Waals surface area contributed by atoms with E-state index in [1.165, 1.54) is 4.90 Å². The number of halogens is 1. The summed E-state index contributed by atoms with van der Waals surface area (Å²) in [5, 5.41) is 5.43. The molecule has 1 aliphatic rings. The van der Waals surface area contributed by atoms with Gasteiger partial charge in [-0.05, 0) is 41.9 Å². The van der Waals surface area contributed by atoms with Gasteiger partial charge in [0.2, 0.25) is 5.91 Å². The molecule has 0 unspecified atom stereocenters. The van der Waals surface area contributed by atoms with Crippen LogP contribution < -0.4 is 15.5 Å². The van der Waals surface area contributed by atoms with Gasteiger partial charge in [-0.2, -0.15) is 0 Å². The smallest absolute Gasteiger partial charge is 0.275 e. The first-order valence-electron chi connectivity index (χ1n) is 7.74. The Morgan fingerprint density at radius 2 is 1.87 bits per heavy atom. The molecule has 0 bridgehead atoms. The lowest BCUT2D eigenvalue weighted by Gasteiger charge is -2.31. The average molecular weight is 385 g/mol. The Morgan fingerprint density at radius 3 is 2.52 bits per heavy atom. The summed E-state index contributed by atoms with van der Waals surface area (Å²) in [5.74, 6) is -0.368. The van der Waals surface area contributed by atoms with E-state index in [9.17, 15) is 9.59 Å². The Kier molecular flexibility index (Phi) is 6.56. The number of hydrogen-bond donors (Lipinski definition) is 3. The highest BCUT2D eigenvalue weighted by Crippen LogP contribution is 2.20. The van der Waals surface area contributed by atoms with Crippen LogP contribution in [0, 0.1) is 0 Å².